The molecule has 26 heavy (non-hydrogen) atoms. The zero-order valence-corrected chi connectivity index (χ0v) is 15.6. The molecule has 0 fully saturated rings. The van der Waals surface area contributed by atoms with Crippen LogP contribution in [0.3, 0.4) is 0 Å². The highest BCUT2D eigenvalue weighted by Gasteiger charge is 2.12. The van der Waals surface area contributed by atoms with E-state index in [2.05, 4.69) is 32.3 Å². The lowest BCUT2D eigenvalue weighted by Gasteiger charge is -2.01. The quantitative estimate of drug-likeness (QED) is 0.332. The number of anilines is 1. The van der Waals surface area contributed by atoms with Crippen LogP contribution in [0.1, 0.15) is 5.01 Å². The second-order valence-corrected chi connectivity index (χ2v) is 6.94. The third-order valence-electron chi connectivity index (χ3n) is 3.42. The summed E-state index contributed by atoms with van der Waals surface area (Å²) in [4.78, 5) is 14.9. The van der Waals surface area contributed by atoms with Gasteiger partial charge in [0.05, 0.1) is 10.6 Å². The molecule has 3 rings (SSSR count). The summed E-state index contributed by atoms with van der Waals surface area (Å²) < 4.78 is 0.927. The maximum Gasteiger partial charge on any atom is 0.270 e. The average molecular weight is 427 g/mol. The Morgan fingerprint density at radius 2 is 2.12 bits per heavy atom. The van der Waals surface area contributed by atoms with Crippen molar-refractivity contribution in [3.63, 3.8) is 0 Å². The highest BCUT2D eigenvalue weighted by Crippen LogP contribution is 2.28. The van der Waals surface area contributed by atoms with Crippen LogP contribution < -0.4 is 5.32 Å². The Hall–Kier alpha value is -3.02. The molecule has 0 atom stereocenters. The van der Waals surface area contributed by atoms with Gasteiger partial charge < -0.3 is 5.32 Å². The molecular weight excluding hydrogens is 416 g/mol. The van der Waals surface area contributed by atoms with Crippen molar-refractivity contribution in [2.75, 3.05) is 5.32 Å². The Balaban J connectivity index is 1.85. The van der Waals surface area contributed by atoms with E-state index >= 15 is 0 Å². The topological polar surface area (TPSA) is 91.8 Å². The van der Waals surface area contributed by atoms with E-state index in [1.165, 1.54) is 23.5 Å². The lowest BCUT2D eigenvalue weighted by Crippen LogP contribution is -1.91. The van der Waals surface area contributed by atoms with Crippen LogP contribution in [-0.4, -0.2) is 9.91 Å². The molecule has 2 aromatic carbocycles. The minimum atomic E-state index is -0.445. The van der Waals surface area contributed by atoms with Crippen LogP contribution in [0.15, 0.2) is 64.6 Å². The van der Waals surface area contributed by atoms with Crippen molar-refractivity contribution in [1.82, 2.24) is 4.98 Å². The molecule has 0 saturated heterocycles. The van der Waals surface area contributed by atoms with Crippen molar-refractivity contribution >= 4 is 44.2 Å². The summed E-state index contributed by atoms with van der Waals surface area (Å²) in [5.41, 5.74) is 2.45. The fourth-order valence-corrected chi connectivity index (χ4v) is 3.38. The van der Waals surface area contributed by atoms with E-state index in [1.807, 2.05) is 24.3 Å². The van der Waals surface area contributed by atoms with E-state index in [4.69, 9.17) is 0 Å². The van der Waals surface area contributed by atoms with Gasteiger partial charge in [0, 0.05) is 39.4 Å². The number of benzene rings is 2. The van der Waals surface area contributed by atoms with Crippen molar-refractivity contribution in [2.45, 2.75) is 0 Å². The van der Waals surface area contributed by atoms with E-state index in [0.29, 0.717) is 21.8 Å². The third-order valence-corrected chi connectivity index (χ3v) is 4.78. The first-order chi connectivity index (χ1) is 12.6. The summed E-state index contributed by atoms with van der Waals surface area (Å²) in [5, 5.41) is 25.7. The molecule has 0 saturated carbocycles. The lowest BCUT2D eigenvalue weighted by atomic mass is 10.1. The van der Waals surface area contributed by atoms with E-state index < -0.39 is 4.92 Å². The molecule has 0 bridgehead atoms. The summed E-state index contributed by atoms with van der Waals surface area (Å²) in [6.07, 6.45) is 1.60. The zero-order chi connectivity index (χ0) is 18.5. The molecule has 1 N–H and O–H groups in total. The number of nitro benzene ring substituents is 1. The number of allylic oxidation sites excluding steroid dienone is 1. The third kappa shape index (κ3) is 4.14. The van der Waals surface area contributed by atoms with Gasteiger partial charge in [0.15, 0.2) is 0 Å². The fraction of sp³-hybridized carbons (Fsp3) is 0. The lowest BCUT2D eigenvalue weighted by molar-refractivity contribution is -0.384. The Labute approximate surface area is 161 Å². The Morgan fingerprint density at radius 3 is 2.85 bits per heavy atom. The molecule has 0 aliphatic carbocycles. The van der Waals surface area contributed by atoms with Gasteiger partial charge in [-0.15, -0.1) is 11.3 Å². The molecule has 0 spiro atoms. The number of hydrogen-bond acceptors (Lipinski definition) is 6. The van der Waals surface area contributed by atoms with Crippen LogP contribution in [0.4, 0.5) is 11.4 Å². The van der Waals surface area contributed by atoms with Gasteiger partial charge >= 0.3 is 0 Å². The van der Waals surface area contributed by atoms with Gasteiger partial charge in [-0.1, -0.05) is 34.1 Å². The van der Waals surface area contributed by atoms with Gasteiger partial charge in [0.2, 0.25) is 0 Å². The maximum atomic E-state index is 10.9. The number of nitrogens with zero attached hydrogens (tertiary/aromatic N) is 3. The van der Waals surface area contributed by atoms with Crippen LogP contribution in [0.2, 0.25) is 0 Å². The Morgan fingerprint density at radius 1 is 1.31 bits per heavy atom. The van der Waals surface area contributed by atoms with E-state index in [0.717, 1.165) is 10.2 Å². The molecule has 1 aromatic heterocycles. The number of nitro groups is 1. The minimum Gasteiger partial charge on any atom is -0.360 e. The van der Waals surface area contributed by atoms with E-state index in [1.54, 1.807) is 23.7 Å². The number of hydrogen-bond donors (Lipinski definition) is 1. The van der Waals surface area contributed by atoms with Gasteiger partial charge in [-0.2, -0.15) is 5.26 Å². The number of aromatic nitrogens is 1. The zero-order valence-electron chi connectivity index (χ0n) is 13.2. The number of halogens is 1. The van der Waals surface area contributed by atoms with Crippen LogP contribution >= 0.6 is 27.3 Å². The van der Waals surface area contributed by atoms with Gasteiger partial charge in [-0.05, 0) is 18.2 Å². The highest BCUT2D eigenvalue weighted by molar-refractivity contribution is 9.10. The molecule has 0 aliphatic heterocycles. The molecule has 8 heteroatoms. The van der Waals surface area contributed by atoms with E-state index in [-0.39, 0.29) is 5.69 Å². The molecule has 0 unspecified atom stereocenters. The van der Waals surface area contributed by atoms with Crippen molar-refractivity contribution < 1.29 is 4.92 Å². The summed E-state index contributed by atoms with van der Waals surface area (Å²) in [6.45, 7) is 0. The average Bonchev–Trinajstić information content (AvgIpc) is 3.12. The SMILES string of the molecule is N#C/C(=C\Nc1cccc(Br)c1)c1nc(-c2cccc([N+](=O)[O-])c2)cs1. The maximum absolute atomic E-state index is 10.9. The summed E-state index contributed by atoms with van der Waals surface area (Å²) >= 11 is 4.70. The number of thiazole rings is 1. The molecular formula is C18H11BrN4O2S. The number of nitrogens with one attached hydrogen (secondary N) is 1. The fourth-order valence-electron chi connectivity index (χ4n) is 2.18. The standard InChI is InChI=1S/C18H11BrN4O2S/c19-14-4-2-5-15(8-14)21-10-13(9-20)18-22-17(11-26-18)12-3-1-6-16(7-12)23(24)25/h1-8,10-11,21H/b13-10+. The van der Waals surface area contributed by atoms with Gasteiger partial charge in [0.1, 0.15) is 16.6 Å². The Bertz CT molecular complexity index is 1040. The second kappa shape index (κ2) is 7.91. The van der Waals surface area contributed by atoms with Crippen molar-refractivity contribution in [1.29, 1.82) is 5.26 Å². The number of nitriles is 1. The largest absolute Gasteiger partial charge is 0.360 e. The van der Waals surface area contributed by atoms with Crippen LogP contribution in [0.25, 0.3) is 16.8 Å². The normalized spacial score (nSPS) is 11.0. The van der Waals surface area contributed by atoms with Crippen LogP contribution in [0, 0.1) is 21.4 Å². The van der Waals surface area contributed by atoms with Crippen LogP contribution in [0.5, 0.6) is 0 Å². The first-order valence-corrected chi connectivity index (χ1v) is 9.07. The van der Waals surface area contributed by atoms with Crippen molar-refractivity contribution in [2.24, 2.45) is 0 Å². The number of rotatable bonds is 5. The van der Waals surface area contributed by atoms with E-state index in [9.17, 15) is 15.4 Å². The molecule has 128 valence electrons. The molecule has 0 amide bonds. The van der Waals surface area contributed by atoms with Gasteiger partial charge in [-0.3, -0.25) is 10.1 Å². The summed E-state index contributed by atoms with van der Waals surface area (Å²) in [7, 11) is 0. The predicted octanol–water partition coefficient (Wildman–Crippen LogP) is 5.46. The Kier molecular flexibility index (Phi) is 5.41. The molecule has 0 radical (unpaired) electrons. The monoisotopic (exact) mass is 426 g/mol. The van der Waals surface area contributed by atoms with Crippen LogP contribution in [-0.2, 0) is 0 Å². The second-order valence-electron chi connectivity index (χ2n) is 5.17. The van der Waals surface area contributed by atoms with Gasteiger partial charge in [-0.25, -0.2) is 4.98 Å². The van der Waals surface area contributed by atoms with Crippen molar-refractivity contribution in [3.8, 4) is 17.3 Å². The first-order valence-electron chi connectivity index (χ1n) is 7.40. The summed E-state index contributed by atoms with van der Waals surface area (Å²) in [5.74, 6) is 0. The summed E-state index contributed by atoms with van der Waals surface area (Å²) in [6, 6.07) is 16.0. The number of non-ortho nitro benzene ring substituents is 1. The molecule has 6 nitrogen and oxygen atoms in total. The van der Waals surface area contributed by atoms with Crippen molar-refractivity contribution in [3.05, 3.63) is 79.7 Å². The minimum absolute atomic E-state index is 0.00409. The first kappa shape index (κ1) is 17.8. The predicted molar refractivity (Wildman–Crippen MR) is 106 cm³/mol. The molecule has 3 aromatic rings. The molecule has 1 heterocycles. The highest BCUT2D eigenvalue weighted by atomic mass is 79.9. The molecule has 0 aliphatic rings. The smallest absolute Gasteiger partial charge is 0.270 e. The van der Waals surface area contributed by atoms with Gasteiger partial charge in [0.25, 0.3) is 5.69 Å².